The van der Waals surface area contributed by atoms with Gasteiger partial charge < -0.3 is 4.74 Å². The molecule has 0 saturated carbocycles. The summed E-state index contributed by atoms with van der Waals surface area (Å²) in [5.41, 5.74) is 3.63. The Hall–Kier alpha value is -2.62. The largest absolute Gasteiger partial charge is 0.444 e. The lowest BCUT2D eigenvalue weighted by Gasteiger charge is -2.38. The van der Waals surface area contributed by atoms with E-state index in [1.54, 1.807) is 0 Å². The molecule has 4 nitrogen and oxygen atoms in total. The molecule has 0 saturated heterocycles. The van der Waals surface area contributed by atoms with Gasteiger partial charge in [0.05, 0.1) is 12.6 Å². The van der Waals surface area contributed by atoms with Crippen LogP contribution in [0.1, 0.15) is 42.5 Å². The van der Waals surface area contributed by atoms with Crippen LogP contribution >= 0.6 is 0 Å². The molecule has 1 amide bonds. The molecule has 0 spiro atoms. The number of carbonyl (C=O) groups excluding carboxylic acids is 1. The van der Waals surface area contributed by atoms with Gasteiger partial charge in [0, 0.05) is 12.5 Å². The van der Waals surface area contributed by atoms with Crippen molar-refractivity contribution in [1.29, 1.82) is 0 Å². The second kappa shape index (κ2) is 7.95. The van der Waals surface area contributed by atoms with Crippen LogP contribution in [0.3, 0.4) is 0 Å². The molecular formula is C23H26N2O2. The molecule has 0 bridgehead atoms. The van der Waals surface area contributed by atoms with Crippen molar-refractivity contribution in [3.05, 3.63) is 71.3 Å². The van der Waals surface area contributed by atoms with Crippen LogP contribution in [0.25, 0.3) is 0 Å². The van der Waals surface area contributed by atoms with Crippen LogP contribution in [0, 0.1) is 5.92 Å². The molecule has 2 aliphatic rings. The minimum atomic E-state index is -0.223. The number of aliphatic imine (C=N–C) groups is 1. The first-order chi connectivity index (χ1) is 13.3. The number of benzene rings is 2. The van der Waals surface area contributed by atoms with Crippen molar-refractivity contribution in [3.63, 3.8) is 0 Å². The average Bonchev–Trinajstić information content (AvgIpc) is 2.74. The van der Waals surface area contributed by atoms with Gasteiger partial charge in [-0.15, -0.1) is 0 Å². The number of fused-ring (bicyclic) bond motifs is 1. The number of hydrogen-bond acceptors (Lipinski definition) is 3. The normalized spacial score (nSPS) is 24.3. The molecule has 4 rings (SSSR count). The topological polar surface area (TPSA) is 41.9 Å². The van der Waals surface area contributed by atoms with Crippen molar-refractivity contribution < 1.29 is 9.53 Å². The smallest absolute Gasteiger partial charge is 0.410 e. The Kier molecular flexibility index (Phi) is 5.23. The Labute approximate surface area is 160 Å². The van der Waals surface area contributed by atoms with Crippen molar-refractivity contribution >= 4 is 12.3 Å². The van der Waals surface area contributed by atoms with Gasteiger partial charge >= 0.3 is 6.09 Å². The van der Waals surface area contributed by atoms with E-state index in [4.69, 9.17) is 4.74 Å². The van der Waals surface area contributed by atoms with E-state index in [2.05, 4.69) is 42.2 Å². The summed E-state index contributed by atoms with van der Waals surface area (Å²) >= 11 is 0. The number of nitrogens with zero attached hydrogens (tertiary/aromatic N) is 2. The number of hydrogen-bond donors (Lipinski definition) is 0. The Bertz CT molecular complexity index is 818. The third-order valence-electron chi connectivity index (χ3n) is 5.76. The number of amides is 1. The molecule has 0 N–H and O–H groups in total. The summed E-state index contributed by atoms with van der Waals surface area (Å²) in [5.74, 6) is 0.360. The number of ether oxygens (including phenoxy) is 1. The summed E-state index contributed by atoms with van der Waals surface area (Å²) in [6.07, 6.45) is 4.35. The van der Waals surface area contributed by atoms with Crippen LogP contribution in [-0.4, -0.2) is 36.4 Å². The highest BCUT2D eigenvalue weighted by Gasteiger charge is 2.35. The number of carbonyl (C=O) groups is 1. The van der Waals surface area contributed by atoms with E-state index in [0.717, 1.165) is 24.8 Å². The highest BCUT2D eigenvalue weighted by atomic mass is 16.6. The van der Waals surface area contributed by atoms with Crippen LogP contribution in [-0.2, 0) is 11.2 Å². The molecule has 0 aromatic heterocycles. The Balaban J connectivity index is 1.62. The second-order valence-electron chi connectivity index (χ2n) is 7.33. The third kappa shape index (κ3) is 3.61. The summed E-state index contributed by atoms with van der Waals surface area (Å²) < 4.78 is 5.97. The van der Waals surface area contributed by atoms with Gasteiger partial charge in [0.15, 0.2) is 0 Å². The van der Waals surface area contributed by atoms with E-state index in [0.29, 0.717) is 19.0 Å². The molecule has 27 heavy (non-hydrogen) atoms. The van der Waals surface area contributed by atoms with Gasteiger partial charge in [-0.1, -0.05) is 61.5 Å². The van der Waals surface area contributed by atoms with Crippen LogP contribution in [0.4, 0.5) is 4.79 Å². The molecular weight excluding hydrogens is 336 g/mol. The van der Waals surface area contributed by atoms with E-state index in [1.807, 2.05) is 35.4 Å². The van der Waals surface area contributed by atoms with Gasteiger partial charge in [0.2, 0.25) is 0 Å². The zero-order valence-electron chi connectivity index (χ0n) is 15.8. The van der Waals surface area contributed by atoms with Gasteiger partial charge in [0.25, 0.3) is 0 Å². The molecule has 140 valence electrons. The van der Waals surface area contributed by atoms with Gasteiger partial charge in [-0.25, -0.2) is 4.79 Å². The molecule has 0 fully saturated rings. The standard InChI is InChI=1S/C23H26N2O2/c1-2-17-12-14-24-16-21(17)27-23(26)25-15-13-18-8-6-7-11-20(18)22(25)19-9-4-3-5-10-19/h3-11,14,17,21-22H,2,12-13,15-16H2,1H3/t17?,21-,22-/m0/s1. The van der Waals surface area contributed by atoms with E-state index >= 15 is 0 Å². The van der Waals surface area contributed by atoms with Gasteiger partial charge in [-0.05, 0) is 42.2 Å². The Morgan fingerprint density at radius 1 is 1.15 bits per heavy atom. The quantitative estimate of drug-likeness (QED) is 0.798. The van der Waals surface area contributed by atoms with Crippen molar-refractivity contribution in [3.8, 4) is 0 Å². The fraction of sp³-hybridized carbons (Fsp3) is 0.391. The zero-order valence-corrected chi connectivity index (χ0v) is 15.8. The van der Waals surface area contributed by atoms with Crippen molar-refractivity contribution in [1.82, 2.24) is 4.90 Å². The third-order valence-corrected chi connectivity index (χ3v) is 5.76. The maximum atomic E-state index is 13.2. The minimum Gasteiger partial charge on any atom is -0.444 e. The lowest BCUT2D eigenvalue weighted by atomic mass is 9.88. The van der Waals surface area contributed by atoms with Gasteiger partial charge in [-0.2, -0.15) is 0 Å². The number of rotatable bonds is 3. The van der Waals surface area contributed by atoms with Crippen molar-refractivity contribution in [2.45, 2.75) is 38.3 Å². The summed E-state index contributed by atoms with van der Waals surface area (Å²) in [5, 5.41) is 0. The highest BCUT2D eigenvalue weighted by molar-refractivity contribution is 5.70. The predicted molar refractivity (Wildman–Crippen MR) is 107 cm³/mol. The average molecular weight is 362 g/mol. The molecule has 0 radical (unpaired) electrons. The maximum Gasteiger partial charge on any atom is 0.410 e. The van der Waals surface area contributed by atoms with Crippen LogP contribution < -0.4 is 0 Å². The van der Waals surface area contributed by atoms with Gasteiger partial charge in [0.1, 0.15) is 6.10 Å². The summed E-state index contributed by atoms with van der Waals surface area (Å²) in [4.78, 5) is 19.4. The monoisotopic (exact) mass is 362 g/mol. The van der Waals surface area contributed by atoms with Crippen LogP contribution in [0.15, 0.2) is 59.6 Å². The summed E-state index contributed by atoms with van der Waals surface area (Å²) in [6, 6.07) is 18.6. The highest BCUT2D eigenvalue weighted by Crippen LogP contribution is 2.36. The Morgan fingerprint density at radius 3 is 2.74 bits per heavy atom. The van der Waals surface area contributed by atoms with Crippen molar-refractivity contribution in [2.75, 3.05) is 13.1 Å². The SMILES string of the molecule is CCC1CC=NC[C@@H]1OC(=O)N1CCc2ccccc2[C@@H]1c1ccccc1. The molecule has 1 unspecified atom stereocenters. The van der Waals surface area contributed by atoms with Crippen molar-refractivity contribution in [2.24, 2.45) is 10.9 Å². The van der Waals surface area contributed by atoms with E-state index in [1.165, 1.54) is 11.1 Å². The van der Waals surface area contributed by atoms with E-state index in [-0.39, 0.29) is 18.2 Å². The zero-order chi connectivity index (χ0) is 18.6. The fourth-order valence-corrected chi connectivity index (χ4v) is 4.21. The summed E-state index contributed by atoms with van der Waals surface area (Å²) in [6.45, 7) is 3.39. The first-order valence-electron chi connectivity index (χ1n) is 9.86. The van der Waals surface area contributed by atoms with Gasteiger partial charge in [-0.3, -0.25) is 9.89 Å². The molecule has 2 aliphatic heterocycles. The molecule has 0 aliphatic carbocycles. The first kappa shape index (κ1) is 17.8. The lowest BCUT2D eigenvalue weighted by molar-refractivity contribution is 0.0297. The molecule has 2 aromatic carbocycles. The lowest BCUT2D eigenvalue weighted by Crippen LogP contribution is -2.44. The van der Waals surface area contributed by atoms with E-state index in [9.17, 15) is 4.79 Å². The predicted octanol–water partition coefficient (Wildman–Crippen LogP) is 4.64. The molecule has 3 atom stereocenters. The molecule has 2 heterocycles. The maximum absolute atomic E-state index is 13.2. The fourth-order valence-electron chi connectivity index (χ4n) is 4.21. The molecule has 4 heteroatoms. The molecule has 2 aromatic rings. The summed E-state index contributed by atoms with van der Waals surface area (Å²) in [7, 11) is 0. The Morgan fingerprint density at radius 2 is 1.93 bits per heavy atom. The second-order valence-corrected chi connectivity index (χ2v) is 7.33. The minimum absolute atomic E-state index is 0.101. The van der Waals surface area contributed by atoms with E-state index < -0.39 is 0 Å². The first-order valence-corrected chi connectivity index (χ1v) is 9.86. The van der Waals surface area contributed by atoms with Crippen LogP contribution in [0.5, 0.6) is 0 Å². The van der Waals surface area contributed by atoms with Crippen LogP contribution in [0.2, 0.25) is 0 Å².